The van der Waals surface area contributed by atoms with E-state index in [1.807, 2.05) is 12.1 Å². The van der Waals surface area contributed by atoms with Gasteiger partial charge in [0.2, 0.25) is 0 Å². The van der Waals surface area contributed by atoms with Gasteiger partial charge in [0.1, 0.15) is 0 Å². The van der Waals surface area contributed by atoms with E-state index in [-0.39, 0.29) is 40.8 Å². The number of aryl methyl sites for hydroxylation is 1. The number of hydrogen-bond donors (Lipinski definition) is 1. The first-order valence-corrected chi connectivity index (χ1v) is 4.57. The van der Waals surface area contributed by atoms with Crippen molar-refractivity contribution in [1.82, 2.24) is 0 Å². The Hall–Kier alpha value is 0.0406. The van der Waals surface area contributed by atoms with Crippen LogP contribution in [-0.4, -0.2) is 11.1 Å². The zero-order valence-electron chi connectivity index (χ0n) is 8.29. The molecule has 0 aromatic heterocycles. The van der Waals surface area contributed by atoms with Crippen LogP contribution in [0.4, 0.5) is 0 Å². The smallest absolute Gasteiger partial charge is 0.335 e. The fraction of sp³-hybridized carbons (Fsp3) is 0.364. The molecule has 0 spiro atoms. The molecule has 0 aliphatic carbocycles. The van der Waals surface area contributed by atoms with Crippen molar-refractivity contribution in [3.63, 3.8) is 0 Å². The van der Waals surface area contributed by atoms with E-state index >= 15 is 0 Å². The molecule has 3 heteroatoms. The molecule has 1 rings (SSSR count). The largest absolute Gasteiger partial charge is 0.478 e. The van der Waals surface area contributed by atoms with Crippen LogP contribution >= 0.6 is 0 Å². The molecule has 0 saturated heterocycles. The zero-order chi connectivity index (χ0) is 9.68. The predicted molar refractivity (Wildman–Crippen MR) is 52.0 cm³/mol. The molecule has 0 atom stereocenters. The predicted octanol–water partition coefficient (Wildman–Crippen LogP) is 2.73. The molecule has 1 aromatic rings. The van der Waals surface area contributed by atoms with Gasteiger partial charge in [0.15, 0.2) is 0 Å². The first-order valence-electron chi connectivity index (χ1n) is 4.57. The maximum atomic E-state index is 10.8. The molecular weight excluding hydrogens is 308 g/mol. The Labute approximate surface area is 117 Å². The fourth-order valence-electron chi connectivity index (χ4n) is 1.31. The van der Waals surface area contributed by atoms with Crippen molar-refractivity contribution >= 4 is 5.97 Å². The molecule has 74 valence electrons. The molecule has 0 aliphatic rings. The third kappa shape index (κ3) is 4.05. The summed E-state index contributed by atoms with van der Waals surface area (Å²) in [5.74, 6) is -0.827. The summed E-state index contributed by atoms with van der Waals surface area (Å²) in [7, 11) is 0. The Bertz CT molecular complexity index is 297. The second kappa shape index (κ2) is 7.35. The Kier molecular flexibility index (Phi) is 7.37. The minimum atomic E-state index is -0.827. The van der Waals surface area contributed by atoms with Gasteiger partial charge < -0.3 is 5.11 Å². The number of carboxylic acid groups (broad SMARTS) is 1. The molecule has 14 heavy (non-hydrogen) atoms. The van der Waals surface area contributed by atoms with E-state index in [1.54, 1.807) is 12.1 Å². The van der Waals surface area contributed by atoms with Gasteiger partial charge in [-0.05, 0) is 24.5 Å². The van der Waals surface area contributed by atoms with Gasteiger partial charge >= 0.3 is 5.97 Å². The van der Waals surface area contributed by atoms with E-state index in [9.17, 15) is 4.79 Å². The molecule has 0 saturated carbocycles. The second-order valence-corrected chi connectivity index (χ2v) is 3.07. The third-order valence-electron chi connectivity index (χ3n) is 2.05. The van der Waals surface area contributed by atoms with E-state index < -0.39 is 5.97 Å². The first-order chi connectivity index (χ1) is 6.25. The number of aromatic carboxylic acids is 1. The Morgan fingerprint density at radius 1 is 1.36 bits per heavy atom. The average Bonchev–Trinajstić information content (AvgIpc) is 2.15. The molecule has 2 nitrogen and oxygen atoms in total. The molecule has 0 unspecified atom stereocenters. The molecule has 0 bridgehead atoms. The monoisotopic (exact) mass is 320 g/mol. The molecule has 0 amide bonds. The van der Waals surface area contributed by atoms with Crippen LogP contribution < -0.4 is 0 Å². The van der Waals surface area contributed by atoms with Crippen LogP contribution in [0.5, 0.6) is 0 Å². The quantitative estimate of drug-likeness (QED) is 0.925. The van der Waals surface area contributed by atoms with Crippen LogP contribution in [-0.2, 0) is 6.42 Å². The number of benzene rings is 1. The maximum Gasteiger partial charge on any atom is 0.335 e. The molecule has 0 heterocycles. The van der Waals surface area contributed by atoms with Crippen LogP contribution in [0.1, 0.15) is 35.7 Å². The number of carboxylic acids is 1. The van der Waals surface area contributed by atoms with Gasteiger partial charge in [-0.3, -0.25) is 0 Å². The summed E-state index contributed by atoms with van der Waals surface area (Å²) in [6.07, 6.45) is 3.00. The molecule has 0 radical (unpaired) electrons. The summed E-state index contributed by atoms with van der Waals surface area (Å²) in [5.41, 5.74) is 1.38. The Morgan fingerprint density at radius 2 is 2.00 bits per heavy atom. The number of unbranched alkanes of at least 4 members (excludes halogenated alkanes) is 1. The summed E-state index contributed by atoms with van der Waals surface area (Å²) < 4.78 is 0. The number of rotatable bonds is 4. The van der Waals surface area contributed by atoms with Crippen molar-refractivity contribution < 1.29 is 50.7 Å². The average molecular weight is 322 g/mol. The van der Waals surface area contributed by atoms with Gasteiger partial charge in [-0.25, -0.2) is 4.79 Å². The topological polar surface area (TPSA) is 37.3 Å². The van der Waals surface area contributed by atoms with E-state index in [4.69, 9.17) is 5.11 Å². The van der Waals surface area contributed by atoms with Gasteiger partial charge in [-0.2, -0.15) is 0 Å². The summed E-state index contributed by atoms with van der Waals surface area (Å²) in [6.45, 7) is 2.10. The summed E-state index contributed by atoms with van der Waals surface area (Å²) in [5, 5.41) is 8.86. The first kappa shape index (κ1) is 14.0. The number of hydrogen-bond acceptors (Lipinski definition) is 1. The van der Waals surface area contributed by atoms with Crippen molar-refractivity contribution in [2.24, 2.45) is 0 Å². The Morgan fingerprint density at radius 3 is 2.57 bits per heavy atom. The third-order valence-corrected chi connectivity index (χ3v) is 2.05. The number of carbonyl (C=O) groups is 1. The van der Waals surface area contributed by atoms with Gasteiger partial charge in [0.25, 0.3) is 0 Å². The van der Waals surface area contributed by atoms with Crippen molar-refractivity contribution in [1.29, 1.82) is 0 Å². The molecule has 1 aromatic carbocycles. The molecule has 1 N–H and O–H groups in total. The molecule has 0 fully saturated rings. The zero-order valence-corrected chi connectivity index (χ0v) is 11.5. The molecular formula is C11H14NdO2. The van der Waals surface area contributed by atoms with Crippen molar-refractivity contribution in [2.45, 2.75) is 26.2 Å². The van der Waals surface area contributed by atoms with Crippen LogP contribution in [0, 0.1) is 40.8 Å². The fourth-order valence-corrected chi connectivity index (χ4v) is 1.31. The van der Waals surface area contributed by atoms with Crippen LogP contribution in [0.2, 0.25) is 0 Å². The van der Waals surface area contributed by atoms with Gasteiger partial charge in [-0.1, -0.05) is 31.5 Å². The molecule has 0 aliphatic heterocycles. The summed E-state index contributed by atoms with van der Waals surface area (Å²) in [6, 6.07) is 7.20. The summed E-state index contributed by atoms with van der Waals surface area (Å²) >= 11 is 0. The van der Waals surface area contributed by atoms with Crippen LogP contribution in [0.15, 0.2) is 24.3 Å². The maximum absolute atomic E-state index is 10.8. The van der Waals surface area contributed by atoms with E-state index in [1.165, 1.54) is 0 Å². The standard InChI is InChI=1S/C11H14O2.Nd/c1-2-3-6-9-7-4-5-8-10(9)11(12)13;/h4-5,7-8H,2-3,6H2,1H3,(H,12,13);. The van der Waals surface area contributed by atoms with E-state index in [0.29, 0.717) is 5.56 Å². The normalized spacial score (nSPS) is 9.21. The van der Waals surface area contributed by atoms with Crippen molar-refractivity contribution in [3.8, 4) is 0 Å². The van der Waals surface area contributed by atoms with Gasteiger partial charge in [0, 0.05) is 40.8 Å². The van der Waals surface area contributed by atoms with E-state index in [2.05, 4.69) is 6.92 Å². The second-order valence-electron chi connectivity index (χ2n) is 3.07. The van der Waals surface area contributed by atoms with Crippen LogP contribution in [0.3, 0.4) is 0 Å². The van der Waals surface area contributed by atoms with Gasteiger partial charge in [0.05, 0.1) is 5.56 Å². The van der Waals surface area contributed by atoms with Crippen molar-refractivity contribution in [3.05, 3.63) is 35.4 Å². The van der Waals surface area contributed by atoms with Crippen LogP contribution in [0.25, 0.3) is 0 Å². The summed E-state index contributed by atoms with van der Waals surface area (Å²) in [4.78, 5) is 10.8. The van der Waals surface area contributed by atoms with E-state index in [0.717, 1.165) is 24.8 Å². The van der Waals surface area contributed by atoms with Gasteiger partial charge in [-0.15, -0.1) is 0 Å². The minimum absolute atomic E-state index is 0. The van der Waals surface area contributed by atoms with Crippen molar-refractivity contribution in [2.75, 3.05) is 0 Å². The SMILES string of the molecule is CCCCc1ccccc1C(=O)O.[Nd]. The Balaban J connectivity index is 0.00000169. The minimum Gasteiger partial charge on any atom is -0.478 e.